The highest BCUT2D eigenvalue weighted by atomic mass is 16.4. The topological polar surface area (TPSA) is 84.2 Å². The Morgan fingerprint density at radius 2 is 1.71 bits per heavy atom. The lowest BCUT2D eigenvalue weighted by Crippen LogP contribution is -2.34. The van der Waals surface area contributed by atoms with Crippen molar-refractivity contribution in [3.63, 3.8) is 0 Å². The molecule has 0 radical (unpaired) electrons. The summed E-state index contributed by atoms with van der Waals surface area (Å²) < 4.78 is 2.12. The fourth-order valence-corrected chi connectivity index (χ4v) is 5.57. The fraction of sp³-hybridized carbons (Fsp3) is 0.229. The zero-order valence-corrected chi connectivity index (χ0v) is 23.5. The number of fused-ring (bicyclic) bond motifs is 1. The third kappa shape index (κ3) is 5.13. The molecule has 1 saturated carbocycles. The van der Waals surface area contributed by atoms with Gasteiger partial charge in [0, 0.05) is 12.1 Å². The number of aromatic carboxylic acids is 1. The lowest BCUT2D eigenvalue weighted by Gasteiger charge is -2.20. The van der Waals surface area contributed by atoms with Crippen LogP contribution in [0.3, 0.4) is 0 Å². The summed E-state index contributed by atoms with van der Waals surface area (Å²) >= 11 is 0. The molecule has 41 heavy (non-hydrogen) atoms. The Kier molecular flexibility index (Phi) is 6.70. The predicted molar refractivity (Wildman–Crippen MR) is 161 cm³/mol. The van der Waals surface area contributed by atoms with E-state index in [-0.39, 0.29) is 17.0 Å². The number of hydrogen-bond acceptors (Lipinski definition) is 3. The van der Waals surface area contributed by atoms with E-state index in [0.717, 1.165) is 40.8 Å². The Morgan fingerprint density at radius 1 is 0.951 bits per heavy atom. The van der Waals surface area contributed by atoms with Crippen LogP contribution in [0.2, 0.25) is 0 Å². The van der Waals surface area contributed by atoms with Gasteiger partial charge in [0.25, 0.3) is 5.91 Å². The molecule has 1 aliphatic carbocycles. The SMILES string of the molecule is Cc1nc2ccc(C(=O)NC3(c4cccc(C(C)C)c4)CC3)cc2n1Cc1ccc(-c2ccccc2C(=O)O)cc1. The van der Waals surface area contributed by atoms with Gasteiger partial charge in [-0.1, -0.05) is 80.6 Å². The van der Waals surface area contributed by atoms with Crippen LogP contribution in [0, 0.1) is 6.92 Å². The Bertz CT molecular complexity index is 1780. The molecule has 0 aliphatic heterocycles. The minimum Gasteiger partial charge on any atom is -0.478 e. The van der Waals surface area contributed by atoms with Crippen LogP contribution >= 0.6 is 0 Å². The molecule has 6 rings (SSSR count). The number of amides is 1. The molecule has 1 aromatic heterocycles. The first-order valence-electron chi connectivity index (χ1n) is 14.1. The summed E-state index contributed by atoms with van der Waals surface area (Å²) in [6, 6.07) is 29.2. The van der Waals surface area contributed by atoms with Crippen molar-refractivity contribution in [2.75, 3.05) is 0 Å². The molecule has 0 spiro atoms. The Morgan fingerprint density at radius 3 is 2.41 bits per heavy atom. The van der Waals surface area contributed by atoms with Crippen molar-refractivity contribution in [3.05, 3.63) is 125 Å². The van der Waals surface area contributed by atoms with E-state index in [0.29, 0.717) is 23.6 Å². The number of aromatic nitrogens is 2. The molecule has 1 fully saturated rings. The normalized spacial score (nSPS) is 13.9. The van der Waals surface area contributed by atoms with Crippen LogP contribution in [-0.2, 0) is 12.1 Å². The third-order valence-corrected chi connectivity index (χ3v) is 8.17. The number of hydrogen-bond donors (Lipinski definition) is 2. The number of carboxylic acid groups (broad SMARTS) is 1. The summed E-state index contributed by atoms with van der Waals surface area (Å²) in [6.07, 6.45) is 1.87. The number of carbonyl (C=O) groups is 2. The molecule has 0 saturated heterocycles. The second kappa shape index (κ2) is 10.4. The summed E-state index contributed by atoms with van der Waals surface area (Å²) in [4.78, 5) is 29.9. The number of nitrogens with one attached hydrogen (secondary N) is 1. The second-order valence-corrected chi connectivity index (χ2v) is 11.3. The molecule has 2 N–H and O–H groups in total. The highest BCUT2D eigenvalue weighted by molar-refractivity contribution is 5.98. The van der Waals surface area contributed by atoms with E-state index in [1.54, 1.807) is 12.1 Å². The minimum atomic E-state index is -0.943. The number of benzene rings is 4. The average Bonchev–Trinajstić information content (AvgIpc) is 3.70. The number of aryl methyl sites for hydroxylation is 1. The van der Waals surface area contributed by atoms with Crippen molar-refractivity contribution in [2.45, 2.75) is 51.6 Å². The summed E-state index contributed by atoms with van der Waals surface area (Å²) in [5.74, 6) is 0.277. The maximum atomic E-state index is 13.5. The largest absolute Gasteiger partial charge is 0.478 e. The van der Waals surface area contributed by atoms with Gasteiger partial charge in [-0.3, -0.25) is 4.79 Å². The first-order chi connectivity index (χ1) is 19.7. The molecular formula is C35H33N3O3. The molecular weight excluding hydrogens is 510 g/mol. The molecule has 0 atom stereocenters. The number of nitrogens with zero attached hydrogens (tertiary/aromatic N) is 2. The third-order valence-electron chi connectivity index (χ3n) is 8.17. The summed E-state index contributed by atoms with van der Waals surface area (Å²) in [5, 5.41) is 12.9. The molecule has 6 heteroatoms. The molecule has 6 nitrogen and oxygen atoms in total. The van der Waals surface area contributed by atoms with E-state index in [9.17, 15) is 14.7 Å². The fourth-order valence-electron chi connectivity index (χ4n) is 5.57. The van der Waals surface area contributed by atoms with Crippen molar-refractivity contribution in [3.8, 4) is 11.1 Å². The molecule has 1 amide bonds. The van der Waals surface area contributed by atoms with Crippen molar-refractivity contribution in [2.24, 2.45) is 0 Å². The predicted octanol–water partition coefficient (Wildman–Crippen LogP) is 7.30. The van der Waals surface area contributed by atoms with E-state index in [4.69, 9.17) is 4.98 Å². The van der Waals surface area contributed by atoms with Crippen LogP contribution in [0.15, 0.2) is 91.0 Å². The zero-order chi connectivity index (χ0) is 28.7. The number of carboxylic acids is 1. The zero-order valence-electron chi connectivity index (χ0n) is 23.5. The van der Waals surface area contributed by atoms with E-state index in [1.807, 2.05) is 61.5 Å². The van der Waals surface area contributed by atoms with Crippen LogP contribution < -0.4 is 5.32 Å². The van der Waals surface area contributed by atoms with Crippen LogP contribution in [0.5, 0.6) is 0 Å². The quantitative estimate of drug-likeness (QED) is 0.215. The summed E-state index contributed by atoms with van der Waals surface area (Å²) in [5.41, 5.74) is 7.40. The molecule has 1 heterocycles. The maximum absolute atomic E-state index is 13.5. The standard InChI is InChI=1S/C35H33N3O3/c1-22(2)26-7-6-8-28(19-26)35(17-18-35)37-33(39)27-15-16-31-32(20-27)38(23(3)36-31)21-24-11-13-25(14-12-24)29-9-4-5-10-30(29)34(40)41/h4-16,19-20,22H,17-18,21H2,1-3H3,(H,37,39)(H,40,41). The van der Waals surface area contributed by atoms with Crippen LogP contribution in [-0.4, -0.2) is 26.5 Å². The summed E-state index contributed by atoms with van der Waals surface area (Å²) in [7, 11) is 0. The second-order valence-electron chi connectivity index (χ2n) is 11.3. The van der Waals surface area contributed by atoms with Gasteiger partial charge in [-0.25, -0.2) is 9.78 Å². The Hall–Kier alpha value is -4.71. The van der Waals surface area contributed by atoms with Gasteiger partial charge in [-0.05, 0) is 77.8 Å². The van der Waals surface area contributed by atoms with Crippen LogP contribution in [0.1, 0.15) is 75.8 Å². The van der Waals surface area contributed by atoms with E-state index < -0.39 is 5.97 Å². The minimum absolute atomic E-state index is 0.0776. The monoisotopic (exact) mass is 543 g/mol. The van der Waals surface area contributed by atoms with Crippen LogP contribution in [0.4, 0.5) is 0 Å². The Labute approximate surface area is 239 Å². The van der Waals surface area contributed by atoms with Gasteiger partial charge < -0.3 is 15.0 Å². The lowest BCUT2D eigenvalue weighted by molar-refractivity contribution is 0.0697. The highest BCUT2D eigenvalue weighted by Crippen LogP contribution is 2.46. The van der Waals surface area contributed by atoms with Gasteiger partial charge in [-0.15, -0.1) is 0 Å². The maximum Gasteiger partial charge on any atom is 0.336 e. The van der Waals surface area contributed by atoms with Crippen molar-refractivity contribution in [1.82, 2.24) is 14.9 Å². The van der Waals surface area contributed by atoms with Crippen molar-refractivity contribution in [1.29, 1.82) is 0 Å². The first kappa shape index (κ1) is 26.5. The van der Waals surface area contributed by atoms with Gasteiger partial charge in [0.1, 0.15) is 5.82 Å². The number of rotatable bonds is 8. The van der Waals surface area contributed by atoms with Gasteiger partial charge >= 0.3 is 5.97 Å². The van der Waals surface area contributed by atoms with E-state index in [1.165, 1.54) is 11.1 Å². The molecule has 5 aromatic rings. The van der Waals surface area contributed by atoms with Gasteiger partial charge in [-0.2, -0.15) is 0 Å². The van der Waals surface area contributed by atoms with Crippen molar-refractivity contribution >= 4 is 22.9 Å². The lowest BCUT2D eigenvalue weighted by atomic mass is 9.96. The van der Waals surface area contributed by atoms with Crippen LogP contribution in [0.25, 0.3) is 22.2 Å². The van der Waals surface area contributed by atoms with Gasteiger partial charge in [0.05, 0.1) is 22.1 Å². The molecule has 4 aromatic carbocycles. The average molecular weight is 544 g/mol. The Balaban J connectivity index is 1.25. The molecule has 0 bridgehead atoms. The van der Waals surface area contributed by atoms with Gasteiger partial charge in [0.2, 0.25) is 0 Å². The molecule has 0 unspecified atom stereocenters. The molecule has 206 valence electrons. The number of carbonyl (C=O) groups excluding carboxylic acids is 1. The molecule has 1 aliphatic rings. The van der Waals surface area contributed by atoms with Gasteiger partial charge in [0.15, 0.2) is 0 Å². The number of imidazole rings is 1. The summed E-state index contributed by atoms with van der Waals surface area (Å²) in [6.45, 7) is 6.92. The van der Waals surface area contributed by atoms with E-state index in [2.05, 4.69) is 48.0 Å². The van der Waals surface area contributed by atoms with E-state index >= 15 is 0 Å². The first-order valence-corrected chi connectivity index (χ1v) is 14.1. The highest BCUT2D eigenvalue weighted by Gasteiger charge is 2.45. The smallest absolute Gasteiger partial charge is 0.336 e. The van der Waals surface area contributed by atoms with Crippen molar-refractivity contribution < 1.29 is 14.7 Å².